The highest BCUT2D eigenvalue weighted by atomic mass is 35.5. The lowest BCUT2D eigenvalue weighted by Crippen LogP contribution is -2.13. The van der Waals surface area contributed by atoms with Gasteiger partial charge in [0.15, 0.2) is 0 Å². The molecule has 28 heavy (non-hydrogen) atoms. The standard InChI is InChI=1S/C21H14ClF2N3O/c22-18-12-15(24)9-10-17(18)19(25-16-7-2-1-3-8-16)21-27-26-20(28-21)13-5-4-6-14(23)11-13/h1-12,19,25H/t19-/m0/s1. The van der Waals surface area contributed by atoms with E-state index in [0.29, 0.717) is 11.1 Å². The number of benzene rings is 3. The maximum atomic E-state index is 13.5. The molecule has 1 N–H and O–H groups in total. The van der Waals surface area contributed by atoms with Gasteiger partial charge in [-0.1, -0.05) is 41.9 Å². The Labute approximate surface area is 164 Å². The Morgan fingerprint density at radius 1 is 0.857 bits per heavy atom. The molecule has 0 aliphatic heterocycles. The molecule has 4 nitrogen and oxygen atoms in total. The lowest BCUT2D eigenvalue weighted by atomic mass is 10.1. The van der Waals surface area contributed by atoms with Gasteiger partial charge in [0, 0.05) is 21.8 Å². The summed E-state index contributed by atoms with van der Waals surface area (Å²) >= 11 is 6.27. The average Bonchev–Trinajstić information content (AvgIpc) is 3.17. The number of aromatic nitrogens is 2. The topological polar surface area (TPSA) is 51.0 Å². The molecule has 0 spiro atoms. The summed E-state index contributed by atoms with van der Waals surface area (Å²) in [7, 11) is 0. The highest BCUT2D eigenvalue weighted by Gasteiger charge is 2.24. The molecule has 140 valence electrons. The molecule has 4 rings (SSSR count). The third-order valence-corrected chi connectivity index (χ3v) is 4.44. The summed E-state index contributed by atoms with van der Waals surface area (Å²) in [6.45, 7) is 0. The molecule has 4 aromatic rings. The summed E-state index contributed by atoms with van der Waals surface area (Å²) < 4.78 is 32.8. The molecule has 0 unspecified atom stereocenters. The van der Waals surface area contributed by atoms with E-state index in [1.165, 1.54) is 24.3 Å². The van der Waals surface area contributed by atoms with Crippen LogP contribution in [0.25, 0.3) is 11.5 Å². The molecule has 0 saturated carbocycles. The van der Waals surface area contributed by atoms with Crippen LogP contribution in [0.1, 0.15) is 17.5 Å². The van der Waals surface area contributed by atoms with Crippen molar-refractivity contribution in [2.45, 2.75) is 6.04 Å². The Morgan fingerprint density at radius 3 is 2.39 bits per heavy atom. The SMILES string of the molecule is Fc1cccc(-c2nnc([C@@H](Nc3ccccc3)c3ccc(F)cc3Cl)o2)c1. The normalized spacial score (nSPS) is 12.0. The Bertz CT molecular complexity index is 1100. The summed E-state index contributed by atoms with van der Waals surface area (Å²) in [6, 6.07) is 18.7. The summed E-state index contributed by atoms with van der Waals surface area (Å²) in [5, 5.41) is 11.6. The lowest BCUT2D eigenvalue weighted by Gasteiger charge is -2.18. The van der Waals surface area contributed by atoms with Gasteiger partial charge in [0.05, 0.1) is 0 Å². The molecule has 0 fully saturated rings. The molecule has 1 atom stereocenters. The summed E-state index contributed by atoms with van der Waals surface area (Å²) in [5.41, 5.74) is 1.82. The van der Waals surface area contributed by atoms with Crippen LogP contribution >= 0.6 is 11.6 Å². The fraction of sp³-hybridized carbons (Fsp3) is 0.0476. The zero-order valence-electron chi connectivity index (χ0n) is 14.4. The van der Waals surface area contributed by atoms with Gasteiger partial charge in [0.25, 0.3) is 0 Å². The van der Waals surface area contributed by atoms with Crippen molar-refractivity contribution in [3.63, 3.8) is 0 Å². The maximum Gasteiger partial charge on any atom is 0.247 e. The number of rotatable bonds is 5. The van der Waals surface area contributed by atoms with E-state index in [2.05, 4.69) is 15.5 Å². The monoisotopic (exact) mass is 397 g/mol. The maximum absolute atomic E-state index is 13.5. The molecule has 0 radical (unpaired) electrons. The van der Waals surface area contributed by atoms with Crippen molar-refractivity contribution in [1.29, 1.82) is 0 Å². The molecule has 7 heteroatoms. The van der Waals surface area contributed by atoms with Gasteiger partial charge in [0.1, 0.15) is 17.7 Å². The van der Waals surface area contributed by atoms with E-state index < -0.39 is 17.7 Å². The Balaban J connectivity index is 1.75. The average molecular weight is 398 g/mol. The van der Waals surface area contributed by atoms with Gasteiger partial charge in [-0.15, -0.1) is 10.2 Å². The summed E-state index contributed by atoms with van der Waals surface area (Å²) in [4.78, 5) is 0. The number of nitrogens with zero attached hydrogens (tertiary/aromatic N) is 2. The lowest BCUT2D eigenvalue weighted by molar-refractivity contribution is 0.493. The minimum Gasteiger partial charge on any atom is -0.418 e. The molecule has 1 aromatic heterocycles. The third kappa shape index (κ3) is 3.87. The second-order valence-corrected chi connectivity index (χ2v) is 6.47. The number of halogens is 3. The van der Waals surface area contributed by atoms with Crippen molar-refractivity contribution in [2.24, 2.45) is 0 Å². The van der Waals surface area contributed by atoms with E-state index in [1.54, 1.807) is 18.2 Å². The first-order chi connectivity index (χ1) is 13.6. The Kier molecular flexibility index (Phi) is 5.04. The van der Waals surface area contributed by atoms with E-state index in [9.17, 15) is 8.78 Å². The van der Waals surface area contributed by atoms with E-state index in [-0.39, 0.29) is 16.8 Å². The van der Waals surface area contributed by atoms with E-state index >= 15 is 0 Å². The van der Waals surface area contributed by atoms with Crippen molar-refractivity contribution in [3.8, 4) is 11.5 Å². The molecule has 3 aromatic carbocycles. The summed E-state index contributed by atoms with van der Waals surface area (Å²) in [6.07, 6.45) is 0. The van der Waals surface area contributed by atoms with Crippen LogP contribution in [-0.4, -0.2) is 10.2 Å². The quantitative estimate of drug-likeness (QED) is 0.457. The zero-order chi connectivity index (χ0) is 19.5. The largest absolute Gasteiger partial charge is 0.418 e. The first kappa shape index (κ1) is 18.1. The molecule has 0 amide bonds. The number of hydrogen-bond donors (Lipinski definition) is 1. The second kappa shape index (κ2) is 7.78. The first-order valence-electron chi connectivity index (χ1n) is 8.46. The smallest absolute Gasteiger partial charge is 0.247 e. The van der Waals surface area contributed by atoms with Gasteiger partial charge in [-0.25, -0.2) is 8.78 Å². The van der Waals surface area contributed by atoms with Gasteiger partial charge in [-0.3, -0.25) is 0 Å². The van der Waals surface area contributed by atoms with Gasteiger partial charge >= 0.3 is 0 Å². The fourth-order valence-corrected chi connectivity index (χ4v) is 3.07. The molecule has 0 aliphatic rings. The van der Waals surface area contributed by atoms with Crippen LogP contribution in [-0.2, 0) is 0 Å². The number of anilines is 1. The fourth-order valence-electron chi connectivity index (χ4n) is 2.80. The number of para-hydroxylation sites is 1. The first-order valence-corrected chi connectivity index (χ1v) is 8.84. The van der Waals surface area contributed by atoms with E-state index in [0.717, 1.165) is 5.69 Å². The van der Waals surface area contributed by atoms with Crippen molar-refractivity contribution >= 4 is 17.3 Å². The third-order valence-electron chi connectivity index (χ3n) is 4.12. The minimum absolute atomic E-state index is 0.174. The van der Waals surface area contributed by atoms with Crippen LogP contribution in [0.15, 0.2) is 77.2 Å². The van der Waals surface area contributed by atoms with Crippen molar-refractivity contribution < 1.29 is 13.2 Å². The van der Waals surface area contributed by atoms with Gasteiger partial charge < -0.3 is 9.73 Å². The molecular formula is C21H14ClF2N3O. The number of nitrogens with one attached hydrogen (secondary N) is 1. The molecular weight excluding hydrogens is 384 g/mol. The van der Waals surface area contributed by atoms with Gasteiger partial charge in [0.2, 0.25) is 11.8 Å². The van der Waals surface area contributed by atoms with E-state index in [4.69, 9.17) is 16.0 Å². The predicted octanol–water partition coefficient (Wildman–Crippen LogP) is 5.87. The van der Waals surface area contributed by atoms with Crippen molar-refractivity contribution in [1.82, 2.24) is 10.2 Å². The molecule has 0 aliphatic carbocycles. The van der Waals surface area contributed by atoms with Gasteiger partial charge in [-0.2, -0.15) is 0 Å². The number of hydrogen-bond acceptors (Lipinski definition) is 4. The van der Waals surface area contributed by atoms with Crippen molar-refractivity contribution in [2.75, 3.05) is 5.32 Å². The highest BCUT2D eigenvalue weighted by molar-refractivity contribution is 6.31. The Hall–Kier alpha value is -3.25. The van der Waals surface area contributed by atoms with Crippen LogP contribution in [0, 0.1) is 11.6 Å². The minimum atomic E-state index is -0.620. The second-order valence-electron chi connectivity index (χ2n) is 6.07. The molecule has 1 heterocycles. The van der Waals surface area contributed by atoms with Crippen LogP contribution in [0.4, 0.5) is 14.5 Å². The molecule has 0 bridgehead atoms. The predicted molar refractivity (Wildman–Crippen MR) is 103 cm³/mol. The van der Waals surface area contributed by atoms with Gasteiger partial charge in [-0.05, 0) is 42.5 Å². The summed E-state index contributed by atoms with van der Waals surface area (Å²) in [5.74, 6) is -0.458. The van der Waals surface area contributed by atoms with Crippen molar-refractivity contribution in [3.05, 3.63) is 101 Å². The highest BCUT2D eigenvalue weighted by Crippen LogP contribution is 2.32. The Morgan fingerprint density at radius 2 is 1.64 bits per heavy atom. The van der Waals surface area contributed by atoms with Crippen LogP contribution in [0.2, 0.25) is 5.02 Å². The molecule has 0 saturated heterocycles. The zero-order valence-corrected chi connectivity index (χ0v) is 15.2. The van der Waals surface area contributed by atoms with Crippen LogP contribution in [0.3, 0.4) is 0 Å². The van der Waals surface area contributed by atoms with Crippen LogP contribution in [0.5, 0.6) is 0 Å². The van der Waals surface area contributed by atoms with Crippen LogP contribution < -0.4 is 5.32 Å². The van der Waals surface area contributed by atoms with E-state index in [1.807, 2.05) is 30.3 Å².